The van der Waals surface area contributed by atoms with Gasteiger partial charge < -0.3 is 5.32 Å². The van der Waals surface area contributed by atoms with Gasteiger partial charge in [0.2, 0.25) is 0 Å². The van der Waals surface area contributed by atoms with Crippen molar-refractivity contribution in [2.75, 3.05) is 26.2 Å². The lowest BCUT2D eigenvalue weighted by atomic mass is 9.76. The third kappa shape index (κ3) is 2.97. The van der Waals surface area contributed by atoms with Gasteiger partial charge in [0.1, 0.15) is 0 Å². The smallest absolute Gasteiger partial charge is 0.163 e. The van der Waals surface area contributed by atoms with Crippen molar-refractivity contribution in [3.63, 3.8) is 0 Å². The molecule has 0 unspecified atom stereocenters. The summed E-state index contributed by atoms with van der Waals surface area (Å²) in [5.41, 5.74) is 0.548. The van der Waals surface area contributed by atoms with E-state index in [1.54, 1.807) is 12.1 Å². The standard InChI is InChI=1S/C15H20F2N2.ClH/c16-13-6-2-5-12(14(13)17)15(11-3-1-4-11)19-9-7-18-8-10-19;/h2,5-6,11,15,18H,1,3-4,7-10H2;1H/t15-;/m1./s1. The number of halogens is 3. The van der Waals surface area contributed by atoms with E-state index in [1.807, 2.05) is 0 Å². The van der Waals surface area contributed by atoms with Crippen molar-refractivity contribution in [1.82, 2.24) is 10.2 Å². The predicted octanol–water partition coefficient (Wildman–Crippen LogP) is 3.13. The van der Waals surface area contributed by atoms with Crippen LogP contribution in [-0.2, 0) is 0 Å². The number of nitrogens with zero attached hydrogens (tertiary/aromatic N) is 1. The number of nitrogens with one attached hydrogen (secondary N) is 1. The first kappa shape index (κ1) is 15.7. The van der Waals surface area contributed by atoms with Crippen LogP contribution in [0.25, 0.3) is 0 Å². The van der Waals surface area contributed by atoms with Crippen LogP contribution in [0.4, 0.5) is 8.78 Å². The lowest BCUT2D eigenvalue weighted by Gasteiger charge is -2.43. The zero-order chi connectivity index (χ0) is 13.2. The van der Waals surface area contributed by atoms with E-state index in [2.05, 4.69) is 10.2 Å². The van der Waals surface area contributed by atoms with E-state index < -0.39 is 11.6 Å². The van der Waals surface area contributed by atoms with Gasteiger partial charge in [-0.3, -0.25) is 4.90 Å². The minimum absolute atomic E-state index is 0. The fourth-order valence-corrected chi connectivity index (χ4v) is 3.21. The van der Waals surface area contributed by atoms with Gasteiger partial charge in [-0.15, -0.1) is 12.4 Å². The SMILES string of the molecule is Cl.Fc1cccc([C@@H](C2CCC2)N2CCNCC2)c1F. The highest BCUT2D eigenvalue weighted by Crippen LogP contribution is 2.42. The number of hydrogen-bond acceptors (Lipinski definition) is 2. The van der Waals surface area contributed by atoms with Crippen LogP contribution in [0.2, 0.25) is 0 Å². The van der Waals surface area contributed by atoms with Crippen molar-refractivity contribution < 1.29 is 8.78 Å². The maximum absolute atomic E-state index is 14.1. The topological polar surface area (TPSA) is 15.3 Å². The van der Waals surface area contributed by atoms with E-state index >= 15 is 0 Å². The Labute approximate surface area is 124 Å². The van der Waals surface area contributed by atoms with Crippen LogP contribution in [-0.4, -0.2) is 31.1 Å². The Balaban J connectivity index is 0.00000147. The Bertz CT molecular complexity index is 445. The van der Waals surface area contributed by atoms with Gasteiger partial charge in [0.05, 0.1) is 0 Å². The highest BCUT2D eigenvalue weighted by atomic mass is 35.5. The molecule has 0 amide bonds. The lowest BCUT2D eigenvalue weighted by molar-refractivity contribution is 0.0807. The zero-order valence-corrected chi connectivity index (χ0v) is 12.3. The highest BCUT2D eigenvalue weighted by molar-refractivity contribution is 5.85. The second kappa shape index (κ2) is 6.83. The molecule has 5 heteroatoms. The summed E-state index contributed by atoms with van der Waals surface area (Å²) in [6.07, 6.45) is 3.47. The molecule has 1 aromatic rings. The van der Waals surface area contributed by atoms with Gasteiger partial charge in [-0.2, -0.15) is 0 Å². The summed E-state index contributed by atoms with van der Waals surface area (Å²) in [5.74, 6) is -0.899. The second-order valence-corrected chi connectivity index (χ2v) is 5.56. The van der Waals surface area contributed by atoms with Crippen LogP contribution in [0.15, 0.2) is 18.2 Å². The van der Waals surface area contributed by atoms with Crippen LogP contribution in [0, 0.1) is 17.6 Å². The molecular formula is C15H21ClF2N2. The molecular weight excluding hydrogens is 282 g/mol. The molecule has 1 atom stereocenters. The quantitative estimate of drug-likeness (QED) is 0.923. The number of rotatable bonds is 3. The predicted molar refractivity (Wildman–Crippen MR) is 78.1 cm³/mol. The third-order valence-corrected chi connectivity index (χ3v) is 4.44. The van der Waals surface area contributed by atoms with Gasteiger partial charge >= 0.3 is 0 Å². The Morgan fingerprint density at radius 1 is 1.15 bits per heavy atom. The first-order chi connectivity index (χ1) is 9.27. The van der Waals surface area contributed by atoms with Crippen LogP contribution in [0.3, 0.4) is 0 Å². The van der Waals surface area contributed by atoms with Crippen molar-refractivity contribution in [1.29, 1.82) is 0 Å². The van der Waals surface area contributed by atoms with Crippen molar-refractivity contribution in [2.24, 2.45) is 5.92 Å². The van der Waals surface area contributed by atoms with Gasteiger partial charge in [0.15, 0.2) is 11.6 Å². The molecule has 1 aromatic carbocycles. The van der Waals surface area contributed by atoms with E-state index in [1.165, 1.54) is 12.5 Å². The summed E-state index contributed by atoms with van der Waals surface area (Å²) in [4.78, 5) is 2.32. The van der Waals surface area contributed by atoms with Crippen molar-refractivity contribution >= 4 is 12.4 Å². The Morgan fingerprint density at radius 2 is 1.85 bits per heavy atom. The summed E-state index contributed by atoms with van der Waals surface area (Å²) in [7, 11) is 0. The van der Waals surface area contributed by atoms with E-state index in [9.17, 15) is 8.78 Å². The van der Waals surface area contributed by atoms with Crippen molar-refractivity contribution in [2.45, 2.75) is 25.3 Å². The fourth-order valence-electron chi connectivity index (χ4n) is 3.21. The molecule has 1 saturated heterocycles. The van der Waals surface area contributed by atoms with Crippen molar-refractivity contribution in [3.8, 4) is 0 Å². The summed E-state index contributed by atoms with van der Waals surface area (Å²) in [6, 6.07) is 4.63. The average Bonchev–Trinajstić information content (AvgIpc) is 2.38. The first-order valence-corrected chi connectivity index (χ1v) is 7.16. The average molecular weight is 303 g/mol. The Morgan fingerprint density at radius 3 is 2.45 bits per heavy atom. The maximum atomic E-state index is 14.1. The minimum atomic E-state index is -0.725. The van der Waals surface area contributed by atoms with Gasteiger partial charge in [0.25, 0.3) is 0 Å². The number of hydrogen-bond donors (Lipinski definition) is 1. The second-order valence-electron chi connectivity index (χ2n) is 5.56. The molecule has 1 heterocycles. The van der Waals surface area contributed by atoms with Crippen LogP contribution >= 0.6 is 12.4 Å². The van der Waals surface area contributed by atoms with Gasteiger partial charge in [-0.25, -0.2) is 8.78 Å². The van der Waals surface area contributed by atoms with E-state index in [0.717, 1.165) is 39.0 Å². The zero-order valence-electron chi connectivity index (χ0n) is 11.4. The lowest BCUT2D eigenvalue weighted by Crippen LogP contribution is -2.48. The molecule has 2 aliphatic rings. The van der Waals surface area contributed by atoms with E-state index in [0.29, 0.717) is 11.5 Å². The summed E-state index contributed by atoms with van der Waals surface area (Å²) < 4.78 is 27.6. The van der Waals surface area contributed by atoms with Crippen LogP contribution in [0.5, 0.6) is 0 Å². The molecule has 0 spiro atoms. The number of piperazine rings is 1. The molecule has 1 aliphatic heterocycles. The Hall–Kier alpha value is -0.710. The van der Waals surface area contributed by atoms with Gasteiger partial charge in [0, 0.05) is 37.8 Å². The maximum Gasteiger partial charge on any atom is 0.163 e. The number of benzene rings is 1. The summed E-state index contributed by atoms with van der Waals surface area (Å²) in [5, 5.41) is 3.31. The molecule has 1 aliphatic carbocycles. The molecule has 2 nitrogen and oxygen atoms in total. The third-order valence-electron chi connectivity index (χ3n) is 4.44. The molecule has 1 N–H and O–H groups in total. The monoisotopic (exact) mass is 302 g/mol. The summed E-state index contributed by atoms with van der Waals surface area (Å²) >= 11 is 0. The van der Waals surface area contributed by atoms with Crippen molar-refractivity contribution in [3.05, 3.63) is 35.4 Å². The first-order valence-electron chi connectivity index (χ1n) is 7.16. The molecule has 20 heavy (non-hydrogen) atoms. The van der Waals surface area contributed by atoms with Crippen LogP contribution in [0.1, 0.15) is 30.9 Å². The fraction of sp³-hybridized carbons (Fsp3) is 0.600. The minimum Gasteiger partial charge on any atom is -0.314 e. The molecule has 0 bridgehead atoms. The van der Waals surface area contributed by atoms with Gasteiger partial charge in [-0.05, 0) is 24.8 Å². The van der Waals surface area contributed by atoms with E-state index in [4.69, 9.17) is 0 Å². The molecule has 0 radical (unpaired) electrons. The molecule has 0 aromatic heterocycles. The van der Waals surface area contributed by atoms with Crippen LogP contribution < -0.4 is 5.32 Å². The van der Waals surface area contributed by atoms with Gasteiger partial charge in [-0.1, -0.05) is 18.6 Å². The van der Waals surface area contributed by atoms with E-state index in [-0.39, 0.29) is 18.4 Å². The highest BCUT2D eigenvalue weighted by Gasteiger charge is 2.35. The normalized spacial score (nSPS) is 21.9. The molecule has 2 fully saturated rings. The molecule has 3 rings (SSSR count). The molecule has 112 valence electrons. The Kier molecular flexibility index (Phi) is 5.35. The molecule has 1 saturated carbocycles. The largest absolute Gasteiger partial charge is 0.314 e. The summed E-state index contributed by atoms with van der Waals surface area (Å²) in [6.45, 7) is 3.69.